The molecule has 0 unspecified atom stereocenters. The molecule has 0 spiro atoms. The third kappa shape index (κ3) is 4.25. The Morgan fingerprint density at radius 3 is 2.39 bits per heavy atom. The molecule has 3 aromatic rings. The SMILES string of the molecule is Cc1ccc(Oc2ccc(N=Nc3c(C)c(C#N)c(O)n(C)c3=O)c([N+](=O)[O-])c2)cc1. The Kier molecular flexibility index (Phi) is 5.79. The van der Waals surface area contributed by atoms with Crippen LogP contribution in [0.2, 0.25) is 0 Å². The van der Waals surface area contributed by atoms with Crippen molar-refractivity contribution < 1.29 is 14.8 Å². The van der Waals surface area contributed by atoms with Gasteiger partial charge in [-0.2, -0.15) is 5.26 Å². The standard InChI is InChI=1S/C21H17N5O5/c1-12-4-6-14(7-5-12)31-15-8-9-17(18(10-15)26(29)30)23-24-19-13(2)16(11-22)20(27)25(3)21(19)28/h4-10,27H,1-3H3. The molecule has 10 heteroatoms. The summed E-state index contributed by atoms with van der Waals surface area (Å²) in [6, 6.07) is 13.0. The van der Waals surface area contributed by atoms with Crippen LogP contribution in [0.4, 0.5) is 17.1 Å². The van der Waals surface area contributed by atoms with Crippen LogP contribution in [0.1, 0.15) is 16.7 Å². The zero-order valence-corrected chi connectivity index (χ0v) is 16.9. The van der Waals surface area contributed by atoms with Crippen LogP contribution < -0.4 is 10.3 Å². The lowest BCUT2D eigenvalue weighted by molar-refractivity contribution is -0.384. The summed E-state index contributed by atoms with van der Waals surface area (Å²) in [5.41, 5.74) is -0.340. The van der Waals surface area contributed by atoms with Crippen LogP contribution in [-0.4, -0.2) is 14.6 Å². The molecule has 0 aliphatic heterocycles. The van der Waals surface area contributed by atoms with Crippen LogP contribution in [0.25, 0.3) is 0 Å². The minimum atomic E-state index is -0.695. The van der Waals surface area contributed by atoms with Gasteiger partial charge in [-0.1, -0.05) is 17.7 Å². The lowest BCUT2D eigenvalue weighted by Gasteiger charge is -2.08. The van der Waals surface area contributed by atoms with E-state index in [-0.39, 0.29) is 33.9 Å². The highest BCUT2D eigenvalue weighted by molar-refractivity contribution is 5.61. The molecular weight excluding hydrogens is 402 g/mol. The van der Waals surface area contributed by atoms with Gasteiger partial charge < -0.3 is 9.84 Å². The summed E-state index contributed by atoms with van der Waals surface area (Å²) in [6.45, 7) is 3.36. The molecule has 10 nitrogen and oxygen atoms in total. The fourth-order valence-corrected chi connectivity index (χ4v) is 2.76. The number of aromatic nitrogens is 1. The number of hydrogen-bond donors (Lipinski definition) is 1. The summed E-state index contributed by atoms with van der Waals surface area (Å²) in [4.78, 5) is 23.3. The molecule has 0 atom stereocenters. The van der Waals surface area contributed by atoms with Gasteiger partial charge in [0, 0.05) is 12.6 Å². The minimum Gasteiger partial charge on any atom is -0.493 e. The summed E-state index contributed by atoms with van der Waals surface area (Å²) in [5, 5.41) is 38.3. The van der Waals surface area contributed by atoms with E-state index in [1.54, 1.807) is 18.2 Å². The van der Waals surface area contributed by atoms with E-state index in [1.807, 2.05) is 19.1 Å². The Hall–Kier alpha value is -4.52. The quantitative estimate of drug-likeness (QED) is 0.361. The van der Waals surface area contributed by atoms with E-state index in [0.29, 0.717) is 5.75 Å². The number of nitriles is 1. The van der Waals surface area contributed by atoms with Gasteiger partial charge in [-0.05, 0) is 38.1 Å². The van der Waals surface area contributed by atoms with Crippen molar-refractivity contribution in [3.05, 3.63) is 79.6 Å². The molecule has 1 heterocycles. The number of nitro groups is 1. The Morgan fingerprint density at radius 2 is 1.77 bits per heavy atom. The van der Waals surface area contributed by atoms with Gasteiger partial charge in [-0.25, -0.2) is 0 Å². The van der Waals surface area contributed by atoms with Gasteiger partial charge in [0.2, 0.25) is 5.88 Å². The fraction of sp³-hybridized carbons (Fsp3) is 0.143. The highest BCUT2D eigenvalue weighted by atomic mass is 16.6. The normalized spacial score (nSPS) is 10.8. The van der Waals surface area contributed by atoms with E-state index in [0.717, 1.165) is 10.1 Å². The molecule has 156 valence electrons. The zero-order valence-electron chi connectivity index (χ0n) is 16.9. The maximum absolute atomic E-state index is 12.4. The monoisotopic (exact) mass is 419 g/mol. The first-order valence-electron chi connectivity index (χ1n) is 9.00. The fourth-order valence-electron chi connectivity index (χ4n) is 2.76. The number of rotatable bonds is 5. The van der Waals surface area contributed by atoms with E-state index in [4.69, 9.17) is 4.74 Å². The second-order valence-corrected chi connectivity index (χ2v) is 6.67. The van der Waals surface area contributed by atoms with E-state index >= 15 is 0 Å². The molecule has 1 N–H and O–H groups in total. The second kappa shape index (κ2) is 8.46. The van der Waals surface area contributed by atoms with E-state index in [2.05, 4.69) is 10.2 Å². The molecule has 2 aromatic carbocycles. The van der Waals surface area contributed by atoms with Gasteiger partial charge in [0.15, 0.2) is 11.4 Å². The number of azo groups is 1. The number of aryl methyl sites for hydroxylation is 1. The average Bonchev–Trinajstić information content (AvgIpc) is 2.75. The average molecular weight is 419 g/mol. The number of aromatic hydroxyl groups is 1. The second-order valence-electron chi connectivity index (χ2n) is 6.67. The van der Waals surface area contributed by atoms with E-state index < -0.39 is 16.4 Å². The maximum Gasteiger partial charge on any atom is 0.300 e. The summed E-state index contributed by atoms with van der Waals surface area (Å²) in [5.74, 6) is 0.257. The van der Waals surface area contributed by atoms with Crippen molar-refractivity contribution in [1.82, 2.24) is 4.57 Å². The Balaban J connectivity index is 2.01. The Bertz CT molecular complexity index is 1300. The van der Waals surface area contributed by atoms with Crippen LogP contribution in [0.15, 0.2) is 57.5 Å². The highest BCUT2D eigenvalue weighted by Crippen LogP contribution is 2.35. The molecule has 0 bridgehead atoms. The van der Waals surface area contributed by atoms with Crippen LogP contribution in [0, 0.1) is 35.3 Å². The van der Waals surface area contributed by atoms with Gasteiger partial charge >= 0.3 is 0 Å². The Labute approximate surface area is 176 Å². The maximum atomic E-state index is 12.4. The number of benzene rings is 2. The van der Waals surface area contributed by atoms with Crippen molar-refractivity contribution in [2.24, 2.45) is 17.3 Å². The summed E-state index contributed by atoms with van der Waals surface area (Å²) in [7, 11) is 1.27. The van der Waals surface area contributed by atoms with Gasteiger partial charge in [-0.3, -0.25) is 19.5 Å². The third-order valence-electron chi connectivity index (χ3n) is 4.55. The first kappa shape index (κ1) is 21.2. The number of pyridine rings is 1. The van der Waals surface area contributed by atoms with Gasteiger partial charge in [0.25, 0.3) is 11.2 Å². The number of nitrogens with zero attached hydrogens (tertiary/aromatic N) is 5. The van der Waals surface area contributed by atoms with Crippen LogP contribution in [-0.2, 0) is 7.05 Å². The van der Waals surface area contributed by atoms with E-state index in [9.17, 15) is 25.3 Å². The predicted molar refractivity (Wildman–Crippen MR) is 111 cm³/mol. The van der Waals surface area contributed by atoms with E-state index in [1.165, 1.54) is 32.2 Å². The molecule has 0 aliphatic carbocycles. The lowest BCUT2D eigenvalue weighted by atomic mass is 10.1. The van der Waals surface area contributed by atoms with Crippen molar-refractivity contribution in [1.29, 1.82) is 5.26 Å². The molecule has 0 fully saturated rings. The topological polar surface area (TPSA) is 143 Å². The van der Waals surface area contributed by atoms with Crippen LogP contribution >= 0.6 is 0 Å². The number of nitro benzene ring substituents is 1. The third-order valence-corrected chi connectivity index (χ3v) is 4.55. The predicted octanol–water partition coefficient (Wildman–Crippen LogP) is 4.70. The van der Waals surface area contributed by atoms with Gasteiger partial charge in [0.1, 0.15) is 23.1 Å². The minimum absolute atomic E-state index is 0.103. The van der Waals surface area contributed by atoms with Crippen molar-refractivity contribution in [3.63, 3.8) is 0 Å². The molecule has 0 saturated carbocycles. The molecular formula is C21H17N5O5. The molecule has 0 amide bonds. The molecule has 0 aliphatic rings. The Morgan fingerprint density at radius 1 is 1.13 bits per heavy atom. The molecule has 31 heavy (non-hydrogen) atoms. The zero-order chi connectivity index (χ0) is 22.7. The van der Waals surface area contributed by atoms with Gasteiger partial charge in [0.05, 0.1) is 11.0 Å². The van der Waals surface area contributed by atoms with Crippen molar-refractivity contribution in [3.8, 4) is 23.4 Å². The molecule has 0 radical (unpaired) electrons. The van der Waals surface area contributed by atoms with Crippen molar-refractivity contribution >= 4 is 17.1 Å². The molecule has 3 rings (SSSR count). The van der Waals surface area contributed by atoms with Crippen LogP contribution in [0.5, 0.6) is 17.4 Å². The summed E-state index contributed by atoms with van der Waals surface area (Å²) < 4.78 is 6.50. The van der Waals surface area contributed by atoms with Crippen LogP contribution in [0.3, 0.4) is 0 Å². The number of hydrogen-bond acceptors (Lipinski definition) is 8. The molecule has 0 saturated heterocycles. The first-order valence-corrected chi connectivity index (χ1v) is 9.00. The largest absolute Gasteiger partial charge is 0.493 e. The van der Waals surface area contributed by atoms with Gasteiger partial charge in [-0.15, -0.1) is 10.2 Å². The van der Waals surface area contributed by atoms with Crippen molar-refractivity contribution in [2.45, 2.75) is 13.8 Å². The highest BCUT2D eigenvalue weighted by Gasteiger charge is 2.19. The number of ether oxygens (including phenoxy) is 1. The first-order chi connectivity index (χ1) is 14.7. The summed E-state index contributed by atoms with van der Waals surface area (Å²) >= 11 is 0. The summed E-state index contributed by atoms with van der Waals surface area (Å²) in [6.07, 6.45) is 0. The van der Waals surface area contributed by atoms with Crippen molar-refractivity contribution in [2.75, 3.05) is 0 Å². The smallest absolute Gasteiger partial charge is 0.300 e. The molecule has 1 aromatic heterocycles. The lowest BCUT2D eigenvalue weighted by Crippen LogP contribution is -2.18.